The molecule has 0 aromatic heterocycles. The van der Waals surface area contributed by atoms with Crippen LogP contribution in [-0.4, -0.2) is 13.2 Å². The van der Waals surface area contributed by atoms with E-state index < -0.39 is 0 Å². The second kappa shape index (κ2) is 3.66. The Morgan fingerprint density at radius 3 is 2.31 bits per heavy atom. The van der Waals surface area contributed by atoms with Crippen molar-refractivity contribution in [2.24, 2.45) is 0 Å². The second-order valence-corrected chi connectivity index (χ2v) is 4.10. The number of terminal acetylenes is 1. The van der Waals surface area contributed by atoms with Crippen molar-refractivity contribution in [2.75, 3.05) is 13.2 Å². The predicted octanol–water partition coefficient (Wildman–Crippen LogP) is 2.93. The SMILES string of the molecule is C#CCOCC1c2cc3ccccc3cc21. The lowest BCUT2D eigenvalue weighted by atomic mass is 10.1. The van der Waals surface area contributed by atoms with Gasteiger partial charge in [0.2, 0.25) is 0 Å². The molecule has 0 N–H and O–H groups in total. The summed E-state index contributed by atoms with van der Waals surface area (Å²) in [6.45, 7) is 1.12. The van der Waals surface area contributed by atoms with Gasteiger partial charge in [-0.2, -0.15) is 0 Å². The quantitative estimate of drug-likeness (QED) is 0.556. The topological polar surface area (TPSA) is 9.23 Å². The fourth-order valence-electron chi connectivity index (χ4n) is 2.20. The van der Waals surface area contributed by atoms with Crippen molar-refractivity contribution in [1.29, 1.82) is 0 Å². The van der Waals surface area contributed by atoms with Gasteiger partial charge in [-0.3, -0.25) is 0 Å². The third kappa shape index (κ3) is 1.48. The van der Waals surface area contributed by atoms with Gasteiger partial charge in [-0.15, -0.1) is 6.42 Å². The van der Waals surface area contributed by atoms with Gasteiger partial charge < -0.3 is 4.74 Å². The molecule has 0 atom stereocenters. The third-order valence-electron chi connectivity index (χ3n) is 3.09. The average Bonchev–Trinajstić information content (AvgIpc) is 2.99. The van der Waals surface area contributed by atoms with E-state index in [2.05, 4.69) is 42.3 Å². The molecule has 1 aliphatic carbocycles. The minimum absolute atomic E-state index is 0.407. The van der Waals surface area contributed by atoms with Crippen LogP contribution in [0.1, 0.15) is 17.0 Å². The Hall–Kier alpha value is -1.78. The van der Waals surface area contributed by atoms with Crippen LogP contribution in [0.5, 0.6) is 0 Å². The van der Waals surface area contributed by atoms with E-state index in [-0.39, 0.29) is 0 Å². The summed E-state index contributed by atoms with van der Waals surface area (Å²) in [6, 6.07) is 13.0. The number of benzene rings is 2. The lowest BCUT2D eigenvalue weighted by molar-refractivity contribution is 0.168. The fraction of sp³-hybridized carbons (Fsp3) is 0.200. The molecule has 0 spiro atoms. The van der Waals surface area contributed by atoms with Gasteiger partial charge in [-0.1, -0.05) is 42.3 Å². The first-order valence-corrected chi connectivity index (χ1v) is 5.44. The van der Waals surface area contributed by atoms with Crippen LogP contribution in [0.15, 0.2) is 36.4 Å². The van der Waals surface area contributed by atoms with Crippen molar-refractivity contribution in [3.8, 4) is 12.3 Å². The monoisotopic (exact) mass is 208 g/mol. The van der Waals surface area contributed by atoms with E-state index in [1.807, 2.05) is 0 Å². The highest BCUT2D eigenvalue weighted by molar-refractivity contribution is 5.87. The van der Waals surface area contributed by atoms with Crippen LogP contribution in [0.25, 0.3) is 10.8 Å². The zero-order valence-corrected chi connectivity index (χ0v) is 8.94. The molecule has 0 saturated heterocycles. The van der Waals surface area contributed by atoms with Crippen LogP contribution in [0.3, 0.4) is 0 Å². The molecular weight excluding hydrogens is 196 g/mol. The van der Waals surface area contributed by atoms with Gasteiger partial charge in [0.15, 0.2) is 0 Å². The second-order valence-electron chi connectivity index (χ2n) is 4.10. The first-order valence-electron chi connectivity index (χ1n) is 5.44. The molecule has 0 heterocycles. The Bertz CT molecular complexity index is 535. The average molecular weight is 208 g/mol. The largest absolute Gasteiger partial charge is 0.368 e. The zero-order valence-electron chi connectivity index (χ0n) is 8.94. The van der Waals surface area contributed by atoms with Gasteiger partial charge >= 0.3 is 0 Å². The van der Waals surface area contributed by atoms with Crippen LogP contribution in [0, 0.1) is 12.3 Å². The first kappa shape index (κ1) is 9.45. The highest BCUT2D eigenvalue weighted by Gasteiger charge is 2.32. The maximum atomic E-state index is 5.38. The molecule has 0 unspecified atom stereocenters. The molecule has 0 fully saturated rings. The van der Waals surface area contributed by atoms with Crippen LogP contribution in [0.2, 0.25) is 0 Å². The predicted molar refractivity (Wildman–Crippen MR) is 65.4 cm³/mol. The summed E-state index contributed by atoms with van der Waals surface area (Å²) in [5.74, 6) is 2.96. The molecule has 1 nitrogen and oxygen atoms in total. The van der Waals surface area contributed by atoms with Crippen molar-refractivity contribution in [3.05, 3.63) is 47.5 Å². The van der Waals surface area contributed by atoms with Gasteiger partial charge in [0.1, 0.15) is 6.61 Å². The number of hydrogen-bond acceptors (Lipinski definition) is 1. The van der Waals surface area contributed by atoms with E-state index >= 15 is 0 Å². The molecule has 0 radical (unpaired) electrons. The molecule has 16 heavy (non-hydrogen) atoms. The summed E-state index contributed by atoms with van der Waals surface area (Å²) in [5, 5.41) is 2.61. The third-order valence-corrected chi connectivity index (χ3v) is 3.09. The van der Waals surface area contributed by atoms with E-state index in [9.17, 15) is 0 Å². The Labute approximate surface area is 95.0 Å². The van der Waals surface area contributed by atoms with Crippen LogP contribution >= 0.6 is 0 Å². The summed E-state index contributed by atoms with van der Waals surface area (Å²) in [5.41, 5.74) is 2.83. The summed E-state index contributed by atoms with van der Waals surface area (Å²) in [6.07, 6.45) is 5.15. The van der Waals surface area contributed by atoms with E-state index in [0.717, 1.165) is 6.61 Å². The van der Waals surface area contributed by atoms with Gasteiger partial charge in [-0.25, -0.2) is 0 Å². The molecule has 0 aliphatic heterocycles. The Morgan fingerprint density at radius 1 is 1.12 bits per heavy atom. The molecular formula is C15H12O. The van der Waals surface area contributed by atoms with Crippen LogP contribution in [-0.2, 0) is 4.74 Å². The van der Waals surface area contributed by atoms with Gasteiger partial charge in [0.05, 0.1) is 6.61 Å². The highest BCUT2D eigenvalue weighted by atomic mass is 16.5. The minimum atomic E-state index is 0.407. The summed E-state index contributed by atoms with van der Waals surface area (Å²) in [4.78, 5) is 0. The Kier molecular flexibility index (Phi) is 2.16. The molecule has 0 bridgehead atoms. The molecule has 3 rings (SSSR count). The summed E-state index contributed by atoms with van der Waals surface area (Å²) < 4.78 is 5.38. The Balaban J connectivity index is 1.83. The lowest BCUT2D eigenvalue weighted by Crippen LogP contribution is -1.95. The molecule has 1 aliphatic rings. The lowest BCUT2D eigenvalue weighted by Gasteiger charge is -1.95. The number of hydrogen-bond donors (Lipinski definition) is 0. The van der Waals surface area contributed by atoms with Gasteiger partial charge in [0, 0.05) is 5.92 Å². The van der Waals surface area contributed by atoms with E-state index in [1.165, 1.54) is 21.9 Å². The highest BCUT2D eigenvalue weighted by Crippen LogP contribution is 2.45. The van der Waals surface area contributed by atoms with Crippen molar-refractivity contribution < 1.29 is 4.74 Å². The smallest absolute Gasteiger partial charge is 0.107 e. The number of ether oxygens (including phenoxy) is 1. The van der Waals surface area contributed by atoms with Crippen molar-refractivity contribution >= 4 is 10.8 Å². The number of rotatable bonds is 3. The first-order chi connectivity index (χ1) is 7.90. The van der Waals surface area contributed by atoms with Crippen LogP contribution in [0.4, 0.5) is 0 Å². The summed E-state index contributed by atoms with van der Waals surface area (Å²) in [7, 11) is 0. The number of fused-ring (bicyclic) bond motifs is 2. The van der Waals surface area contributed by atoms with Gasteiger partial charge in [0.25, 0.3) is 0 Å². The maximum Gasteiger partial charge on any atom is 0.107 e. The van der Waals surface area contributed by atoms with E-state index in [0.29, 0.717) is 12.5 Å². The standard InChI is InChI=1S/C15H12O/c1-2-7-16-10-15-13-8-11-5-3-4-6-12(11)9-14(13)15/h1,3-6,8-9,15H,7,10H2. The van der Waals surface area contributed by atoms with Crippen molar-refractivity contribution in [2.45, 2.75) is 5.92 Å². The van der Waals surface area contributed by atoms with E-state index in [1.54, 1.807) is 0 Å². The van der Waals surface area contributed by atoms with Crippen LogP contribution < -0.4 is 0 Å². The minimum Gasteiger partial charge on any atom is -0.368 e. The maximum absolute atomic E-state index is 5.38. The Morgan fingerprint density at radius 2 is 1.75 bits per heavy atom. The van der Waals surface area contributed by atoms with Crippen molar-refractivity contribution in [1.82, 2.24) is 0 Å². The molecule has 78 valence electrons. The van der Waals surface area contributed by atoms with E-state index in [4.69, 9.17) is 11.2 Å². The molecule has 1 heteroatoms. The summed E-state index contributed by atoms with van der Waals surface area (Å²) >= 11 is 0. The normalized spacial score (nSPS) is 13.4. The molecule has 2 aromatic carbocycles. The molecule has 2 aromatic rings. The van der Waals surface area contributed by atoms with Crippen molar-refractivity contribution in [3.63, 3.8) is 0 Å². The zero-order chi connectivity index (χ0) is 11.0. The molecule has 0 amide bonds. The fourth-order valence-corrected chi connectivity index (χ4v) is 2.20. The van der Waals surface area contributed by atoms with Gasteiger partial charge in [-0.05, 0) is 21.9 Å². The molecule has 0 saturated carbocycles.